The molecule has 15 heavy (non-hydrogen) atoms. The second-order valence-electron chi connectivity index (χ2n) is 3.70. The first kappa shape index (κ1) is 10.2. The van der Waals surface area contributed by atoms with Gasteiger partial charge in [-0.15, -0.1) is 0 Å². The van der Waals surface area contributed by atoms with Crippen molar-refractivity contribution in [3.63, 3.8) is 0 Å². The van der Waals surface area contributed by atoms with Gasteiger partial charge in [0.25, 0.3) is 0 Å². The Morgan fingerprint density at radius 2 is 2.00 bits per heavy atom. The highest BCUT2D eigenvalue weighted by Gasteiger charge is 2.14. The Kier molecular flexibility index (Phi) is 3.02. The van der Waals surface area contributed by atoms with Crippen molar-refractivity contribution >= 4 is 0 Å². The van der Waals surface area contributed by atoms with Gasteiger partial charge in [0, 0.05) is 0 Å². The second-order valence-corrected chi connectivity index (χ2v) is 3.70. The molecule has 0 aromatic heterocycles. The first-order valence-corrected chi connectivity index (χ1v) is 5.09. The molecular weight excluding hydrogens is 193 g/mol. The van der Waals surface area contributed by atoms with E-state index in [1.54, 1.807) is 18.4 Å². The molecule has 1 heterocycles. The van der Waals surface area contributed by atoms with Crippen LogP contribution in [0.1, 0.15) is 24.4 Å². The minimum atomic E-state index is -0.236. The molecular formula is C12H14FNO. The molecule has 2 rings (SSSR count). The Bertz CT molecular complexity index is 358. The summed E-state index contributed by atoms with van der Waals surface area (Å²) in [6.45, 7) is 0.764. The van der Waals surface area contributed by atoms with Crippen LogP contribution in [0.4, 0.5) is 4.39 Å². The van der Waals surface area contributed by atoms with Gasteiger partial charge in [0.15, 0.2) is 0 Å². The molecule has 1 aromatic rings. The molecule has 0 amide bonds. The second kappa shape index (κ2) is 4.45. The van der Waals surface area contributed by atoms with E-state index in [1.807, 2.05) is 0 Å². The predicted octanol–water partition coefficient (Wildman–Crippen LogP) is 2.52. The zero-order chi connectivity index (χ0) is 10.7. The maximum atomic E-state index is 12.7. The van der Waals surface area contributed by atoms with Gasteiger partial charge in [-0.1, -0.05) is 12.1 Å². The van der Waals surface area contributed by atoms with Gasteiger partial charge in [-0.05, 0) is 36.1 Å². The maximum Gasteiger partial charge on any atom is 0.123 e. The molecule has 3 heteroatoms. The van der Waals surface area contributed by atoms with Crippen LogP contribution in [0.2, 0.25) is 0 Å². The molecule has 80 valence electrons. The minimum Gasteiger partial charge on any atom is -0.501 e. The Labute approximate surface area is 88.5 Å². The summed E-state index contributed by atoms with van der Waals surface area (Å²) < 4.78 is 17.9. The van der Waals surface area contributed by atoms with E-state index in [2.05, 4.69) is 0 Å². The van der Waals surface area contributed by atoms with Gasteiger partial charge in [-0.2, -0.15) is 0 Å². The fraction of sp³-hybridized carbons (Fsp3) is 0.333. The van der Waals surface area contributed by atoms with Gasteiger partial charge in [0.1, 0.15) is 5.82 Å². The van der Waals surface area contributed by atoms with Crippen LogP contribution in [0, 0.1) is 5.82 Å². The topological polar surface area (TPSA) is 35.2 Å². The molecule has 1 atom stereocenters. The first-order valence-electron chi connectivity index (χ1n) is 5.09. The van der Waals surface area contributed by atoms with Crippen LogP contribution < -0.4 is 5.73 Å². The van der Waals surface area contributed by atoms with E-state index < -0.39 is 0 Å². The Morgan fingerprint density at radius 3 is 2.60 bits per heavy atom. The highest BCUT2D eigenvalue weighted by molar-refractivity contribution is 5.27. The fourth-order valence-electron chi connectivity index (χ4n) is 1.70. The molecule has 0 bridgehead atoms. The molecule has 1 aliphatic rings. The van der Waals surface area contributed by atoms with Crippen LogP contribution in [0.3, 0.4) is 0 Å². The molecule has 2 N–H and O–H groups in total. The average molecular weight is 207 g/mol. The summed E-state index contributed by atoms with van der Waals surface area (Å²) in [5, 5.41) is 0. The van der Waals surface area contributed by atoms with E-state index in [4.69, 9.17) is 10.5 Å². The van der Waals surface area contributed by atoms with Crippen molar-refractivity contribution in [1.29, 1.82) is 0 Å². The van der Waals surface area contributed by atoms with Gasteiger partial charge < -0.3 is 10.5 Å². The average Bonchev–Trinajstić information content (AvgIpc) is 2.30. The maximum absolute atomic E-state index is 12.7. The number of rotatable bonds is 2. The molecule has 0 saturated heterocycles. The van der Waals surface area contributed by atoms with Crippen molar-refractivity contribution < 1.29 is 9.13 Å². The number of halogens is 1. The summed E-state index contributed by atoms with van der Waals surface area (Å²) in [5.41, 5.74) is 8.05. The lowest BCUT2D eigenvalue weighted by molar-refractivity contribution is 0.221. The molecule has 0 fully saturated rings. The van der Waals surface area contributed by atoms with Crippen LogP contribution in [0.25, 0.3) is 0 Å². The number of hydrogen-bond donors (Lipinski definition) is 1. The summed E-state index contributed by atoms with van der Waals surface area (Å²) in [4.78, 5) is 0. The normalized spacial score (nSPS) is 17.9. The lowest BCUT2D eigenvalue weighted by Gasteiger charge is -2.19. The zero-order valence-corrected chi connectivity index (χ0v) is 8.45. The Morgan fingerprint density at radius 1 is 1.27 bits per heavy atom. The third-order valence-corrected chi connectivity index (χ3v) is 2.59. The summed E-state index contributed by atoms with van der Waals surface area (Å²) in [7, 11) is 0. The van der Waals surface area contributed by atoms with Crippen LogP contribution in [-0.2, 0) is 4.74 Å². The van der Waals surface area contributed by atoms with E-state index in [9.17, 15) is 4.39 Å². The summed E-state index contributed by atoms with van der Waals surface area (Å²) in [6, 6.07) is 6.12. The number of benzene rings is 1. The Balaban J connectivity index is 2.16. The molecule has 0 aliphatic carbocycles. The van der Waals surface area contributed by atoms with Gasteiger partial charge in [0.05, 0.1) is 18.9 Å². The van der Waals surface area contributed by atoms with Crippen LogP contribution in [-0.4, -0.2) is 6.61 Å². The van der Waals surface area contributed by atoms with Crippen LogP contribution in [0.15, 0.2) is 36.1 Å². The van der Waals surface area contributed by atoms with Gasteiger partial charge in [-0.3, -0.25) is 0 Å². The lowest BCUT2D eigenvalue weighted by Crippen LogP contribution is -2.16. The highest BCUT2D eigenvalue weighted by Crippen LogP contribution is 2.25. The minimum absolute atomic E-state index is 0.175. The number of nitrogens with two attached hydrogens (primary N) is 1. The van der Waals surface area contributed by atoms with E-state index in [-0.39, 0.29) is 11.9 Å². The van der Waals surface area contributed by atoms with Crippen molar-refractivity contribution in [1.82, 2.24) is 0 Å². The third-order valence-electron chi connectivity index (χ3n) is 2.59. The summed E-state index contributed by atoms with van der Waals surface area (Å²) in [6.07, 6.45) is 3.69. The molecule has 0 spiro atoms. The molecule has 1 aromatic carbocycles. The monoisotopic (exact) mass is 207 g/mol. The standard InChI is InChI=1S/C12H14FNO/c13-11-5-3-9(4-6-11)12(14)10-2-1-7-15-8-10/h3-6,8,12H,1-2,7,14H2. The SMILES string of the molecule is NC(C1=COCCC1)c1ccc(F)cc1. The first-order chi connectivity index (χ1) is 7.27. The van der Waals surface area contributed by atoms with Crippen molar-refractivity contribution in [2.24, 2.45) is 5.73 Å². The Hall–Kier alpha value is -1.35. The zero-order valence-electron chi connectivity index (χ0n) is 8.45. The number of hydrogen-bond acceptors (Lipinski definition) is 2. The van der Waals surface area contributed by atoms with Crippen molar-refractivity contribution in [2.75, 3.05) is 6.61 Å². The largest absolute Gasteiger partial charge is 0.501 e. The lowest BCUT2D eigenvalue weighted by atomic mass is 9.96. The van der Waals surface area contributed by atoms with E-state index in [0.717, 1.165) is 30.6 Å². The van der Waals surface area contributed by atoms with Crippen LogP contribution in [0.5, 0.6) is 0 Å². The fourth-order valence-corrected chi connectivity index (χ4v) is 1.70. The van der Waals surface area contributed by atoms with Gasteiger partial charge in [-0.25, -0.2) is 4.39 Å². The van der Waals surface area contributed by atoms with E-state index in [0.29, 0.717) is 0 Å². The quantitative estimate of drug-likeness (QED) is 0.808. The molecule has 1 aliphatic heterocycles. The van der Waals surface area contributed by atoms with Gasteiger partial charge in [0.2, 0.25) is 0 Å². The van der Waals surface area contributed by atoms with Crippen molar-refractivity contribution in [2.45, 2.75) is 18.9 Å². The summed E-state index contributed by atoms with van der Waals surface area (Å²) >= 11 is 0. The van der Waals surface area contributed by atoms with E-state index >= 15 is 0 Å². The molecule has 1 unspecified atom stereocenters. The molecule has 0 radical (unpaired) electrons. The van der Waals surface area contributed by atoms with Crippen molar-refractivity contribution in [3.8, 4) is 0 Å². The molecule has 0 saturated carbocycles. The smallest absolute Gasteiger partial charge is 0.123 e. The number of ether oxygens (including phenoxy) is 1. The highest BCUT2D eigenvalue weighted by atomic mass is 19.1. The van der Waals surface area contributed by atoms with E-state index in [1.165, 1.54) is 12.1 Å². The third kappa shape index (κ3) is 2.36. The van der Waals surface area contributed by atoms with Crippen molar-refractivity contribution in [3.05, 3.63) is 47.5 Å². The molecule has 2 nitrogen and oxygen atoms in total. The van der Waals surface area contributed by atoms with Gasteiger partial charge >= 0.3 is 0 Å². The van der Waals surface area contributed by atoms with Crippen LogP contribution >= 0.6 is 0 Å². The predicted molar refractivity (Wildman–Crippen MR) is 56.6 cm³/mol. The summed E-state index contributed by atoms with van der Waals surface area (Å²) in [5.74, 6) is -0.236.